The first kappa shape index (κ1) is 26.9. The number of aliphatic hydroxyl groups excluding tert-OH is 2. The van der Waals surface area contributed by atoms with Crippen LogP contribution >= 0.6 is 0 Å². The van der Waals surface area contributed by atoms with Gasteiger partial charge in [-0.05, 0) is 76.5 Å². The van der Waals surface area contributed by atoms with Gasteiger partial charge in [0.1, 0.15) is 22.8 Å². The van der Waals surface area contributed by atoms with Crippen molar-refractivity contribution in [1.82, 2.24) is 9.80 Å². The molecule has 5 rings (SSSR count). The number of anilines is 1. The van der Waals surface area contributed by atoms with Crippen LogP contribution in [0, 0.1) is 17.8 Å². The monoisotopic (exact) mass is 538 g/mol. The lowest BCUT2D eigenvalue weighted by Gasteiger charge is -2.47. The summed E-state index contributed by atoms with van der Waals surface area (Å²) in [5.74, 6) is -6.39. The second-order valence-corrected chi connectivity index (χ2v) is 11.4. The van der Waals surface area contributed by atoms with Gasteiger partial charge in [0.15, 0.2) is 11.6 Å². The van der Waals surface area contributed by atoms with Gasteiger partial charge in [0.25, 0.3) is 5.91 Å². The van der Waals surface area contributed by atoms with Crippen LogP contribution in [-0.2, 0) is 25.6 Å². The van der Waals surface area contributed by atoms with Crippen molar-refractivity contribution in [2.24, 2.45) is 23.5 Å². The number of Topliss-reactive ketones (excluding diaryl/α,β-unsaturated/α-hetero) is 2. The van der Waals surface area contributed by atoms with Crippen LogP contribution in [-0.4, -0.2) is 89.3 Å². The highest BCUT2D eigenvalue weighted by molar-refractivity contribution is 6.28. The van der Waals surface area contributed by atoms with E-state index in [0.29, 0.717) is 24.2 Å². The Labute approximate surface area is 226 Å². The number of nitrogens with zero attached hydrogens (tertiary/aromatic N) is 3. The number of rotatable bonds is 3. The number of phenolic OH excluding ortho intramolecular Hbond substituents is 1. The summed E-state index contributed by atoms with van der Waals surface area (Å²) in [6.07, 6.45) is 1.16. The number of carbonyl (C=O) groups excluding carboxylic acids is 4. The van der Waals surface area contributed by atoms with Crippen LogP contribution < -0.4 is 10.6 Å². The quantitative estimate of drug-likeness (QED) is 0.327. The summed E-state index contributed by atoms with van der Waals surface area (Å²) in [4.78, 5) is 57.4. The van der Waals surface area contributed by atoms with Gasteiger partial charge in [0.05, 0.1) is 23.2 Å². The van der Waals surface area contributed by atoms with Crippen LogP contribution in [0.5, 0.6) is 5.75 Å². The molecule has 1 fully saturated rings. The van der Waals surface area contributed by atoms with Gasteiger partial charge in [-0.3, -0.25) is 24.1 Å². The number of phenols is 1. The summed E-state index contributed by atoms with van der Waals surface area (Å²) in [6.45, 7) is 1.93. The molecule has 208 valence electrons. The number of hydrogen-bond acceptors (Lipinski definition) is 9. The Bertz CT molecular complexity index is 1390. The summed E-state index contributed by atoms with van der Waals surface area (Å²) in [5, 5.41) is 33.5. The topological polar surface area (TPSA) is 165 Å². The lowest BCUT2D eigenvalue weighted by atomic mass is 9.59. The number of aliphatic hydroxyl groups is 2. The molecule has 5 N–H and O–H groups in total. The normalized spacial score (nSPS) is 28.4. The van der Waals surface area contributed by atoms with Crippen LogP contribution in [0.4, 0.5) is 5.69 Å². The number of hydrogen-bond donors (Lipinski definition) is 4. The van der Waals surface area contributed by atoms with E-state index in [2.05, 4.69) is 0 Å². The van der Waals surface area contributed by atoms with Gasteiger partial charge in [-0.1, -0.05) is 0 Å². The number of allylic oxidation sites excluding steroid dienone is 1. The van der Waals surface area contributed by atoms with Crippen LogP contribution in [0.3, 0.4) is 0 Å². The molecule has 3 aliphatic carbocycles. The van der Waals surface area contributed by atoms with Crippen LogP contribution in [0.25, 0.3) is 5.76 Å². The van der Waals surface area contributed by atoms with Crippen molar-refractivity contribution in [3.63, 3.8) is 0 Å². The SMILES string of the molecule is CC(=O)N1CCC(N(C)C)c2cc(O)c3c(c21)C[C@@H]1C[C@H]2[C@@H](C(=O)C(C(N)=O)=C(O)[C@@H]2N(C)C)C(=O)C1=C3O. The average molecular weight is 539 g/mol. The highest BCUT2D eigenvalue weighted by Crippen LogP contribution is 2.54. The first-order valence-corrected chi connectivity index (χ1v) is 13.0. The van der Waals surface area contributed by atoms with E-state index in [9.17, 15) is 34.5 Å². The van der Waals surface area contributed by atoms with Gasteiger partial charge >= 0.3 is 0 Å². The Balaban J connectivity index is 1.71. The fourth-order valence-electron chi connectivity index (χ4n) is 7.30. The fourth-order valence-corrected chi connectivity index (χ4v) is 7.30. The number of fused-ring (bicyclic) bond motifs is 5. The van der Waals surface area contributed by atoms with Gasteiger partial charge in [-0.2, -0.15) is 0 Å². The van der Waals surface area contributed by atoms with Crippen molar-refractivity contribution < 1.29 is 34.5 Å². The van der Waals surface area contributed by atoms with Gasteiger partial charge in [-0.25, -0.2) is 0 Å². The Hall–Kier alpha value is -3.70. The van der Waals surface area contributed by atoms with E-state index in [0.717, 1.165) is 5.56 Å². The molecule has 11 heteroatoms. The Morgan fingerprint density at radius 2 is 1.72 bits per heavy atom. The van der Waals surface area contributed by atoms with Crippen molar-refractivity contribution in [2.75, 3.05) is 39.6 Å². The van der Waals surface area contributed by atoms with Crippen LogP contribution in [0.2, 0.25) is 0 Å². The molecule has 1 heterocycles. The minimum absolute atomic E-state index is 0.0180. The summed E-state index contributed by atoms with van der Waals surface area (Å²) in [5.41, 5.74) is 6.89. The Morgan fingerprint density at radius 3 is 2.28 bits per heavy atom. The molecule has 11 nitrogen and oxygen atoms in total. The third-order valence-electron chi connectivity index (χ3n) is 8.82. The molecule has 0 saturated heterocycles. The molecule has 0 spiro atoms. The first-order valence-electron chi connectivity index (χ1n) is 13.0. The second kappa shape index (κ2) is 9.20. The van der Waals surface area contributed by atoms with Crippen molar-refractivity contribution in [3.05, 3.63) is 39.7 Å². The zero-order valence-electron chi connectivity index (χ0n) is 22.7. The Morgan fingerprint density at radius 1 is 1.05 bits per heavy atom. The molecule has 39 heavy (non-hydrogen) atoms. The zero-order valence-corrected chi connectivity index (χ0v) is 22.7. The maximum atomic E-state index is 13.9. The molecule has 5 atom stereocenters. The lowest BCUT2D eigenvalue weighted by molar-refractivity contribution is -0.136. The summed E-state index contributed by atoms with van der Waals surface area (Å²) >= 11 is 0. The largest absolute Gasteiger partial charge is 0.510 e. The number of carbonyl (C=O) groups is 4. The molecule has 1 aromatic carbocycles. The van der Waals surface area contributed by atoms with Gasteiger partial charge in [-0.15, -0.1) is 0 Å². The maximum Gasteiger partial charge on any atom is 0.255 e. The molecule has 1 aromatic rings. The molecule has 0 bridgehead atoms. The first-order chi connectivity index (χ1) is 18.3. The summed E-state index contributed by atoms with van der Waals surface area (Å²) < 4.78 is 0. The number of amides is 2. The second-order valence-electron chi connectivity index (χ2n) is 11.4. The van der Waals surface area contributed by atoms with E-state index >= 15 is 0 Å². The van der Waals surface area contributed by atoms with E-state index in [1.807, 2.05) is 19.0 Å². The molecule has 2 amide bonds. The third-order valence-corrected chi connectivity index (χ3v) is 8.82. The third kappa shape index (κ3) is 3.78. The molecule has 4 aliphatic rings. The highest BCUT2D eigenvalue weighted by atomic mass is 16.3. The number of primary amides is 1. The molecule has 0 radical (unpaired) electrons. The van der Waals surface area contributed by atoms with Crippen LogP contribution in [0.15, 0.2) is 23.0 Å². The molecular formula is C28H34N4O7. The maximum absolute atomic E-state index is 13.9. The average Bonchev–Trinajstić information content (AvgIpc) is 2.82. The number of ketones is 2. The summed E-state index contributed by atoms with van der Waals surface area (Å²) in [7, 11) is 7.20. The van der Waals surface area contributed by atoms with Gasteiger partial charge in [0, 0.05) is 25.1 Å². The van der Waals surface area contributed by atoms with E-state index < -0.39 is 58.4 Å². The summed E-state index contributed by atoms with van der Waals surface area (Å²) in [6, 6.07) is 0.662. The van der Waals surface area contributed by atoms with Crippen LogP contribution in [0.1, 0.15) is 42.5 Å². The van der Waals surface area contributed by atoms with Crippen molar-refractivity contribution in [3.8, 4) is 5.75 Å². The van der Waals surface area contributed by atoms with Crippen molar-refractivity contribution >= 4 is 34.8 Å². The predicted molar refractivity (Wildman–Crippen MR) is 142 cm³/mol. The van der Waals surface area contributed by atoms with E-state index in [1.165, 1.54) is 6.92 Å². The minimum Gasteiger partial charge on any atom is -0.510 e. The number of aromatic hydroxyl groups is 1. The van der Waals surface area contributed by atoms with E-state index in [1.54, 1.807) is 30.0 Å². The van der Waals surface area contributed by atoms with Gasteiger partial charge < -0.3 is 30.9 Å². The molecular weight excluding hydrogens is 504 g/mol. The smallest absolute Gasteiger partial charge is 0.255 e. The number of nitrogens with two attached hydrogens (primary N) is 1. The molecule has 1 saturated carbocycles. The van der Waals surface area contributed by atoms with E-state index in [4.69, 9.17) is 5.73 Å². The predicted octanol–water partition coefficient (Wildman–Crippen LogP) is 1.21. The lowest BCUT2D eigenvalue weighted by Crippen LogP contribution is -2.55. The van der Waals surface area contributed by atoms with Gasteiger partial charge in [0.2, 0.25) is 5.91 Å². The Kier molecular flexibility index (Phi) is 6.34. The minimum atomic E-state index is -1.31. The fraction of sp³-hybridized carbons (Fsp3) is 0.500. The molecule has 0 aromatic heterocycles. The number of likely N-dealkylation sites (N-methyl/N-ethyl adjacent to an activating group) is 1. The zero-order chi connectivity index (χ0) is 28.7. The number of benzene rings is 1. The van der Waals surface area contributed by atoms with Crippen molar-refractivity contribution in [2.45, 2.75) is 38.3 Å². The molecule has 1 aliphatic heterocycles. The van der Waals surface area contributed by atoms with Crippen molar-refractivity contribution in [1.29, 1.82) is 0 Å². The molecule has 1 unspecified atom stereocenters. The standard InChI is InChI=1S/C28H34N4O7/c1-11(33)32-7-6-16(30(2)3)13-10-17(34)19-14(22(13)32)8-12-9-15-20(25(36)18(12)24(19)35)26(37)21(28(29)39)27(38)23(15)31(4)5/h10,12,15-16,20,23,34-35,38H,6-9H2,1-5H3,(H2,29,39)/t12-,15+,16?,20-,23-/m1/s1. The highest BCUT2D eigenvalue weighted by Gasteiger charge is 2.56. The van der Waals surface area contributed by atoms with E-state index in [-0.39, 0.29) is 41.7 Å².